The van der Waals surface area contributed by atoms with Crippen LogP contribution in [0.25, 0.3) is 22.3 Å². The number of ether oxygens (including phenoxy) is 3. The molecule has 0 radical (unpaired) electrons. The second-order valence-corrected chi connectivity index (χ2v) is 11.0. The number of nitrogens with two attached hydrogens (primary N) is 1. The number of rotatable bonds is 12. The van der Waals surface area contributed by atoms with E-state index in [4.69, 9.17) is 19.9 Å². The van der Waals surface area contributed by atoms with Crippen molar-refractivity contribution in [2.75, 3.05) is 33.0 Å². The fourth-order valence-corrected chi connectivity index (χ4v) is 5.49. The summed E-state index contributed by atoms with van der Waals surface area (Å²) in [6.07, 6.45) is 0. The molecule has 0 bridgehead atoms. The zero-order valence-corrected chi connectivity index (χ0v) is 26.6. The molecular formula is C36H44BrNO3. The number of halogens is 1. The van der Waals surface area contributed by atoms with Gasteiger partial charge in [0.15, 0.2) is 0 Å². The Bertz CT molecular complexity index is 1320. The van der Waals surface area contributed by atoms with Gasteiger partial charge < -0.3 is 19.9 Å². The maximum Gasteiger partial charge on any atom is 0.119 e. The third kappa shape index (κ3) is 8.93. The summed E-state index contributed by atoms with van der Waals surface area (Å²) < 4.78 is 16.2. The van der Waals surface area contributed by atoms with Crippen molar-refractivity contribution in [3.05, 3.63) is 108 Å². The van der Waals surface area contributed by atoms with Crippen molar-refractivity contribution in [1.29, 1.82) is 0 Å². The van der Waals surface area contributed by atoms with Gasteiger partial charge in [-0.3, -0.25) is 0 Å². The van der Waals surface area contributed by atoms with Gasteiger partial charge in [-0.25, -0.2) is 0 Å². The molecule has 0 saturated heterocycles. The van der Waals surface area contributed by atoms with Crippen LogP contribution in [0.1, 0.15) is 62.1 Å². The van der Waals surface area contributed by atoms with Crippen LogP contribution in [0, 0.1) is 0 Å². The van der Waals surface area contributed by atoms with Crippen LogP contribution in [0.15, 0.2) is 91.0 Å². The van der Waals surface area contributed by atoms with Crippen LogP contribution in [0.4, 0.5) is 0 Å². The van der Waals surface area contributed by atoms with Gasteiger partial charge in [-0.15, -0.1) is 0 Å². The lowest BCUT2D eigenvalue weighted by molar-refractivity contribution is 0.155. The number of benzene rings is 4. The molecule has 0 heterocycles. The van der Waals surface area contributed by atoms with E-state index in [-0.39, 0.29) is 10.7 Å². The van der Waals surface area contributed by atoms with E-state index in [0.29, 0.717) is 26.4 Å². The van der Waals surface area contributed by atoms with Gasteiger partial charge in [-0.2, -0.15) is 0 Å². The van der Waals surface area contributed by atoms with Gasteiger partial charge in [-0.1, -0.05) is 89.6 Å². The second kappa shape index (κ2) is 17.0. The molecule has 0 amide bonds. The van der Waals surface area contributed by atoms with E-state index in [0.717, 1.165) is 18.1 Å². The molecule has 218 valence electrons. The molecular weight excluding hydrogens is 574 g/mol. The van der Waals surface area contributed by atoms with Crippen LogP contribution in [-0.4, -0.2) is 33.0 Å². The Balaban J connectivity index is 0.000000696. The summed E-state index contributed by atoms with van der Waals surface area (Å²) in [6, 6.07) is 32.2. The minimum atomic E-state index is 0.209. The van der Waals surface area contributed by atoms with E-state index in [2.05, 4.69) is 121 Å². The van der Waals surface area contributed by atoms with E-state index in [1.54, 1.807) is 0 Å². The molecule has 0 fully saturated rings. The molecule has 5 heteroatoms. The monoisotopic (exact) mass is 617 g/mol. The topological polar surface area (TPSA) is 53.7 Å². The zero-order chi connectivity index (χ0) is 29.6. The van der Waals surface area contributed by atoms with Crippen molar-refractivity contribution in [3.8, 4) is 33.8 Å². The molecule has 4 aromatic carbocycles. The SMILES string of the molecule is CCOCCN.CCOc1ccc(-c2ccccc2C(C)c2cccc(-c3ccc(OCC)cc3)c2C(C)Br)cc1. The van der Waals surface area contributed by atoms with Gasteiger partial charge in [0.25, 0.3) is 0 Å². The maximum absolute atomic E-state index is 5.65. The van der Waals surface area contributed by atoms with Crippen LogP contribution in [0.3, 0.4) is 0 Å². The molecule has 2 unspecified atom stereocenters. The third-order valence-corrected chi connectivity index (χ3v) is 7.31. The van der Waals surface area contributed by atoms with E-state index in [9.17, 15) is 0 Å². The summed E-state index contributed by atoms with van der Waals surface area (Å²) in [7, 11) is 0. The van der Waals surface area contributed by atoms with E-state index < -0.39 is 0 Å². The van der Waals surface area contributed by atoms with Gasteiger partial charge in [0.2, 0.25) is 0 Å². The molecule has 0 spiro atoms. The average Bonchev–Trinajstić information content (AvgIpc) is 3.00. The van der Waals surface area contributed by atoms with E-state index >= 15 is 0 Å². The smallest absolute Gasteiger partial charge is 0.119 e. The largest absolute Gasteiger partial charge is 0.494 e. The summed E-state index contributed by atoms with van der Waals surface area (Å²) in [5.74, 6) is 2.02. The summed E-state index contributed by atoms with van der Waals surface area (Å²) in [4.78, 5) is 0.209. The van der Waals surface area contributed by atoms with Crippen molar-refractivity contribution in [3.63, 3.8) is 0 Å². The highest BCUT2D eigenvalue weighted by atomic mass is 79.9. The van der Waals surface area contributed by atoms with Crippen LogP contribution in [0.5, 0.6) is 11.5 Å². The summed E-state index contributed by atoms with van der Waals surface area (Å²) in [5.41, 5.74) is 14.0. The molecule has 2 atom stereocenters. The molecule has 0 aliphatic carbocycles. The first kappa shape index (κ1) is 32.4. The highest BCUT2D eigenvalue weighted by molar-refractivity contribution is 9.09. The molecule has 2 N–H and O–H groups in total. The van der Waals surface area contributed by atoms with Crippen molar-refractivity contribution in [2.45, 2.75) is 45.4 Å². The summed E-state index contributed by atoms with van der Waals surface area (Å²) >= 11 is 3.91. The van der Waals surface area contributed by atoms with Gasteiger partial charge >= 0.3 is 0 Å². The zero-order valence-electron chi connectivity index (χ0n) is 25.0. The van der Waals surface area contributed by atoms with Crippen molar-refractivity contribution in [2.24, 2.45) is 5.73 Å². The predicted molar refractivity (Wildman–Crippen MR) is 177 cm³/mol. The minimum Gasteiger partial charge on any atom is -0.494 e. The standard InChI is InChI=1S/C32H33BrO2.C4H11NO/c1-5-34-26-18-14-24(15-19-26)30-11-8-7-10-28(30)22(3)29-12-9-13-31(32(29)23(4)33)25-16-20-27(21-17-25)35-6-2;1-2-6-4-3-5/h7-23H,5-6H2,1-4H3;2-5H2,1H3. The number of hydrogen-bond acceptors (Lipinski definition) is 4. The quantitative estimate of drug-likeness (QED) is 0.127. The molecule has 0 aromatic heterocycles. The van der Waals surface area contributed by atoms with Crippen LogP contribution < -0.4 is 15.2 Å². The Kier molecular flexibility index (Phi) is 13.4. The molecule has 0 aliphatic rings. The Hall–Kier alpha value is -3.12. The van der Waals surface area contributed by atoms with Gasteiger partial charge in [0.05, 0.1) is 19.8 Å². The normalized spacial score (nSPS) is 12.2. The van der Waals surface area contributed by atoms with E-state index in [1.807, 2.05) is 20.8 Å². The van der Waals surface area contributed by atoms with Gasteiger partial charge in [0, 0.05) is 23.9 Å². The highest BCUT2D eigenvalue weighted by Gasteiger charge is 2.21. The molecule has 4 aromatic rings. The fraction of sp³-hybridized carbons (Fsp3) is 0.333. The lowest BCUT2D eigenvalue weighted by atomic mass is 9.82. The lowest BCUT2D eigenvalue weighted by Gasteiger charge is -2.24. The van der Waals surface area contributed by atoms with Crippen molar-refractivity contribution < 1.29 is 14.2 Å². The van der Waals surface area contributed by atoms with Crippen LogP contribution in [0.2, 0.25) is 0 Å². The Morgan fingerprint density at radius 2 is 1.15 bits per heavy atom. The Morgan fingerprint density at radius 1 is 0.634 bits per heavy atom. The fourth-order valence-electron chi connectivity index (χ4n) is 4.98. The van der Waals surface area contributed by atoms with Gasteiger partial charge in [-0.05, 0) is 90.9 Å². The van der Waals surface area contributed by atoms with Crippen LogP contribution >= 0.6 is 15.9 Å². The Morgan fingerprint density at radius 3 is 1.63 bits per heavy atom. The molecule has 41 heavy (non-hydrogen) atoms. The first-order chi connectivity index (χ1) is 19.9. The minimum absolute atomic E-state index is 0.209. The second-order valence-electron chi connectivity index (χ2n) is 9.63. The third-order valence-electron chi connectivity index (χ3n) is 6.85. The lowest BCUT2D eigenvalue weighted by Crippen LogP contribution is -2.07. The number of hydrogen-bond donors (Lipinski definition) is 1. The first-order valence-electron chi connectivity index (χ1n) is 14.5. The first-order valence-corrected chi connectivity index (χ1v) is 15.5. The number of alkyl halides is 1. The van der Waals surface area contributed by atoms with E-state index in [1.165, 1.54) is 38.9 Å². The van der Waals surface area contributed by atoms with Gasteiger partial charge in [0.1, 0.15) is 11.5 Å². The van der Waals surface area contributed by atoms with Crippen molar-refractivity contribution in [1.82, 2.24) is 0 Å². The summed E-state index contributed by atoms with van der Waals surface area (Å²) in [5, 5.41) is 0. The molecule has 0 saturated carbocycles. The molecule has 4 nitrogen and oxygen atoms in total. The molecule has 4 rings (SSSR count). The predicted octanol–water partition coefficient (Wildman–Crippen LogP) is 9.41. The molecule has 0 aliphatic heterocycles. The highest BCUT2D eigenvalue weighted by Crippen LogP contribution is 2.42. The van der Waals surface area contributed by atoms with Crippen LogP contribution in [-0.2, 0) is 4.74 Å². The average molecular weight is 619 g/mol. The maximum atomic E-state index is 5.65. The summed E-state index contributed by atoms with van der Waals surface area (Å²) in [6.45, 7) is 13.9. The van der Waals surface area contributed by atoms with Crippen molar-refractivity contribution >= 4 is 15.9 Å². The Labute approximate surface area is 255 Å².